The molecule has 4 rings (SSSR count). The van der Waals surface area contributed by atoms with E-state index in [1.807, 2.05) is 42.5 Å². The van der Waals surface area contributed by atoms with Crippen LogP contribution in [0.2, 0.25) is 0 Å². The molecule has 0 saturated carbocycles. The third-order valence-electron chi connectivity index (χ3n) is 4.18. The zero-order valence-corrected chi connectivity index (χ0v) is 16.3. The molecule has 3 aromatic heterocycles. The van der Waals surface area contributed by atoms with Gasteiger partial charge in [-0.1, -0.05) is 30.0 Å². The summed E-state index contributed by atoms with van der Waals surface area (Å²) in [5, 5.41) is 9.48. The lowest BCUT2D eigenvalue weighted by Gasteiger charge is -2.08. The van der Waals surface area contributed by atoms with Crippen molar-refractivity contribution in [3.05, 3.63) is 78.3 Å². The molecule has 1 aromatic carbocycles. The van der Waals surface area contributed by atoms with E-state index in [0.29, 0.717) is 6.61 Å². The molecule has 0 spiro atoms. The molecule has 142 valence electrons. The summed E-state index contributed by atoms with van der Waals surface area (Å²) in [4.78, 5) is 4.26. The van der Waals surface area contributed by atoms with E-state index in [0.717, 1.165) is 40.5 Å². The highest BCUT2D eigenvalue weighted by molar-refractivity contribution is 7.98. The third kappa shape index (κ3) is 4.26. The number of ether oxygens (including phenoxy) is 1. The van der Waals surface area contributed by atoms with E-state index in [9.17, 15) is 0 Å². The summed E-state index contributed by atoms with van der Waals surface area (Å²) in [6.07, 6.45) is 3.42. The molecule has 0 unspecified atom stereocenters. The molecule has 0 aliphatic heterocycles. The minimum absolute atomic E-state index is 0.462. The molecule has 0 fully saturated rings. The van der Waals surface area contributed by atoms with Gasteiger partial charge in [-0.2, -0.15) is 0 Å². The fourth-order valence-corrected chi connectivity index (χ4v) is 3.70. The molecule has 0 aliphatic carbocycles. The number of thioether (sulfide) groups is 1. The first-order valence-electron chi connectivity index (χ1n) is 9.05. The molecule has 6 nitrogen and oxygen atoms in total. The summed E-state index contributed by atoms with van der Waals surface area (Å²) >= 11 is 1.66. The summed E-state index contributed by atoms with van der Waals surface area (Å²) < 4.78 is 13.3. The van der Waals surface area contributed by atoms with Crippen molar-refractivity contribution in [2.75, 3.05) is 0 Å². The van der Waals surface area contributed by atoms with Crippen LogP contribution in [0.25, 0.3) is 11.6 Å². The maximum absolute atomic E-state index is 5.78. The van der Waals surface area contributed by atoms with Crippen molar-refractivity contribution in [1.29, 1.82) is 0 Å². The maximum Gasteiger partial charge on any atom is 0.200 e. The highest BCUT2D eigenvalue weighted by Gasteiger charge is 2.15. The van der Waals surface area contributed by atoms with Gasteiger partial charge in [-0.3, -0.25) is 9.55 Å². The van der Waals surface area contributed by atoms with Gasteiger partial charge in [0.05, 0.1) is 12.0 Å². The average Bonchev–Trinajstić information content (AvgIpc) is 3.41. The molecule has 3 heterocycles. The smallest absolute Gasteiger partial charge is 0.200 e. The van der Waals surface area contributed by atoms with E-state index in [2.05, 4.69) is 38.8 Å². The predicted molar refractivity (Wildman–Crippen MR) is 108 cm³/mol. The molecule has 0 N–H and O–H groups in total. The van der Waals surface area contributed by atoms with E-state index in [4.69, 9.17) is 9.15 Å². The van der Waals surface area contributed by atoms with Crippen molar-refractivity contribution >= 4 is 11.8 Å². The van der Waals surface area contributed by atoms with Crippen molar-refractivity contribution in [3.8, 4) is 17.3 Å². The summed E-state index contributed by atoms with van der Waals surface area (Å²) in [7, 11) is 0. The van der Waals surface area contributed by atoms with Crippen molar-refractivity contribution in [2.45, 2.75) is 31.0 Å². The van der Waals surface area contributed by atoms with Gasteiger partial charge < -0.3 is 9.15 Å². The lowest BCUT2D eigenvalue weighted by atomic mass is 10.2. The molecule has 0 saturated heterocycles. The van der Waals surface area contributed by atoms with Crippen molar-refractivity contribution < 1.29 is 9.15 Å². The van der Waals surface area contributed by atoms with Gasteiger partial charge in [0.15, 0.2) is 16.7 Å². The fraction of sp³-hybridized carbons (Fsp3) is 0.190. The molecule has 4 aromatic rings. The Balaban J connectivity index is 1.36. The fourth-order valence-electron chi connectivity index (χ4n) is 2.74. The molecule has 28 heavy (non-hydrogen) atoms. The SMILES string of the molecule is CCn1c(SCc2ccc(OCc3ccccn3)cc2)nnc1-c1ccco1. The Hall–Kier alpha value is -3.06. The quantitative estimate of drug-likeness (QED) is 0.400. The Morgan fingerprint density at radius 1 is 1.04 bits per heavy atom. The van der Waals surface area contributed by atoms with Crippen LogP contribution in [-0.4, -0.2) is 19.7 Å². The molecular weight excluding hydrogens is 372 g/mol. The first kappa shape index (κ1) is 18.3. The summed E-state index contributed by atoms with van der Waals surface area (Å²) in [5.41, 5.74) is 2.11. The van der Waals surface area contributed by atoms with Crippen LogP contribution >= 0.6 is 11.8 Å². The van der Waals surface area contributed by atoms with Gasteiger partial charge in [0.25, 0.3) is 0 Å². The average molecular weight is 392 g/mol. The molecule has 0 bridgehead atoms. The van der Waals surface area contributed by atoms with Gasteiger partial charge in [-0.05, 0) is 48.9 Å². The molecular formula is C21H20N4O2S. The van der Waals surface area contributed by atoms with Gasteiger partial charge in [0, 0.05) is 18.5 Å². The van der Waals surface area contributed by atoms with Crippen molar-refractivity contribution in [3.63, 3.8) is 0 Å². The molecule has 0 amide bonds. The molecule has 0 aliphatic rings. The Bertz CT molecular complexity index is 999. The number of furan rings is 1. The van der Waals surface area contributed by atoms with Crippen LogP contribution in [-0.2, 0) is 18.9 Å². The Morgan fingerprint density at radius 3 is 2.64 bits per heavy atom. The monoisotopic (exact) mass is 392 g/mol. The first-order valence-corrected chi connectivity index (χ1v) is 10.0. The number of rotatable bonds is 8. The predicted octanol–water partition coefficient (Wildman–Crippen LogP) is 4.82. The van der Waals surface area contributed by atoms with Crippen LogP contribution in [0.4, 0.5) is 0 Å². The van der Waals surface area contributed by atoms with Crippen LogP contribution < -0.4 is 4.74 Å². The van der Waals surface area contributed by atoms with Crippen molar-refractivity contribution in [1.82, 2.24) is 19.7 Å². The van der Waals surface area contributed by atoms with Gasteiger partial charge >= 0.3 is 0 Å². The van der Waals surface area contributed by atoms with Gasteiger partial charge in [-0.15, -0.1) is 10.2 Å². The second-order valence-corrected chi connectivity index (χ2v) is 7.01. The molecule has 0 radical (unpaired) electrons. The van der Waals surface area contributed by atoms with Gasteiger partial charge in [-0.25, -0.2) is 0 Å². The zero-order valence-electron chi connectivity index (χ0n) is 15.5. The summed E-state index contributed by atoms with van der Waals surface area (Å²) in [5.74, 6) is 3.12. The summed E-state index contributed by atoms with van der Waals surface area (Å²) in [6.45, 7) is 3.32. The second kappa shape index (κ2) is 8.75. The van der Waals surface area contributed by atoms with E-state index in [1.165, 1.54) is 5.56 Å². The van der Waals surface area contributed by atoms with Crippen LogP contribution in [0.15, 0.2) is 76.6 Å². The first-order chi connectivity index (χ1) is 13.8. The summed E-state index contributed by atoms with van der Waals surface area (Å²) in [6, 6.07) is 17.7. The number of nitrogens with zero attached hydrogens (tertiary/aromatic N) is 4. The van der Waals surface area contributed by atoms with Gasteiger partial charge in [0.2, 0.25) is 0 Å². The van der Waals surface area contributed by atoms with E-state index < -0.39 is 0 Å². The number of aromatic nitrogens is 4. The normalized spacial score (nSPS) is 10.9. The Kier molecular flexibility index (Phi) is 5.72. The third-order valence-corrected chi connectivity index (χ3v) is 5.22. The lowest BCUT2D eigenvalue weighted by Crippen LogP contribution is -1.99. The van der Waals surface area contributed by atoms with Crippen LogP contribution in [0.5, 0.6) is 5.75 Å². The topological polar surface area (TPSA) is 66.0 Å². The standard InChI is InChI=1S/C21H20N4O2S/c1-2-25-20(19-7-5-13-26-19)23-24-21(25)28-15-16-8-10-18(11-9-16)27-14-17-6-3-4-12-22-17/h3-13H,2,14-15H2,1H3. The van der Waals surface area contributed by atoms with E-state index in [-0.39, 0.29) is 0 Å². The largest absolute Gasteiger partial charge is 0.487 e. The minimum Gasteiger partial charge on any atom is -0.487 e. The van der Waals surface area contributed by atoms with Gasteiger partial charge in [0.1, 0.15) is 12.4 Å². The number of benzene rings is 1. The Labute approximate surface area is 167 Å². The van der Waals surface area contributed by atoms with E-state index >= 15 is 0 Å². The lowest BCUT2D eigenvalue weighted by molar-refractivity contribution is 0.301. The minimum atomic E-state index is 0.462. The maximum atomic E-state index is 5.78. The van der Waals surface area contributed by atoms with Crippen LogP contribution in [0.1, 0.15) is 18.2 Å². The molecule has 7 heteroatoms. The van der Waals surface area contributed by atoms with Crippen LogP contribution in [0, 0.1) is 0 Å². The number of pyridine rings is 1. The zero-order chi connectivity index (χ0) is 19.2. The van der Waals surface area contributed by atoms with Crippen molar-refractivity contribution in [2.24, 2.45) is 0 Å². The van der Waals surface area contributed by atoms with E-state index in [1.54, 1.807) is 24.2 Å². The molecule has 0 atom stereocenters. The van der Waals surface area contributed by atoms with Crippen LogP contribution in [0.3, 0.4) is 0 Å². The Morgan fingerprint density at radius 2 is 1.93 bits per heavy atom. The number of hydrogen-bond acceptors (Lipinski definition) is 6. The highest BCUT2D eigenvalue weighted by Crippen LogP contribution is 2.27. The number of hydrogen-bond donors (Lipinski definition) is 0. The highest BCUT2D eigenvalue weighted by atomic mass is 32.2. The second-order valence-electron chi connectivity index (χ2n) is 6.07.